The lowest BCUT2D eigenvalue weighted by Gasteiger charge is -2.26. The molecule has 3 aliphatic heterocycles. The summed E-state index contributed by atoms with van der Waals surface area (Å²) in [6.45, 7) is 23.4. The van der Waals surface area contributed by atoms with Crippen LogP contribution in [0.25, 0.3) is 32.7 Å². The van der Waals surface area contributed by atoms with Gasteiger partial charge in [-0.3, -0.25) is 38.4 Å². The minimum Gasteiger partial charge on any atom is -0.491 e. The first-order valence-electron chi connectivity index (χ1n) is 40.2. The van der Waals surface area contributed by atoms with Gasteiger partial charge in [-0.05, 0) is 99.0 Å². The van der Waals surface area contributed by atoms with Crippen LogP contribution in [0.15, 0.2) is 147 Å². The summed E-state index contributed by atoms with van der Waals surface area (Å²) < 4.78 is 163. The Balaban J connectivity index is 0.000000239. The number of morpholine rings is 3. The van der Waals surface area contributed by atoms with Gasteiger partial charge in [0.1, 0.15) is 87.1 Å². The van der Waals surface area contributed by atoms with Crippen LogP contribution in [0.4, 0.5) is 77.9 Å². The molecule has 40 nitrogen and oxygen atoms in total. The van der Waals surface area contributed by atoms with Crippen molar-refractivity contribution in [3.8, 4) is 17.2 Å². The highest BCUT2D eigenvalue weighted by Crippen LogP contribution is 2.39. The number of carbonyl (C=O) groups excluding carboxylic acids is 4. The molecule has 6 aromatic carbocycles. The number of aromatic nitrogens is 6. The van der Waals surface area contributed by atoms with E-state index in [1.54, 1.807) is 36.4 Å². The van der Waals surface area contributed by atoms with E-state index >= 15 is 0 Å². The molecule has 135 heavy (non-hydrogen) atoms. The predicted molar refractivity (Wildman–Crippen MR) is 485 cm³/mol. The van der Waals surface area contributed by atoms with E-state index in [1.807, 2.05) is 0 Å². The highest BCUT2D eigenvalue weighted by atomic mass is 35.5. The summed E-state index contributed by atoms with van der Waals surface area (Å²) in [6, 6.07) is 22.2. The van der Waals surface area contributed by atoms with Gasteiger partial charge in [0.15, 0.2) is 41.6 Å². The number of rotatable bonds is 36. The van der Waals surface area contributed by atoms with E-state index in [2.05, 4.69) is 96.2 Å². The molecule has 3 saturated heterocycles. The van der Waals surface area contributed by atoms with E-state index in [0.717, 1.165) is 131 Å². The number of benzene rings is 6. The van der Waals surface area contributed by atoms with E-state index in [1.165, 1.54) is 73.6 Å². The van der Waals surface area contributed by atoms with Gasteiger partial charge in [-0.2, -0.15) is 8.42 Å². The zero-order valence-electron chi connectivity index (χ0n) is 71.8. The number of aliphatic hydroxyl groups excluding tert-OH is 4. The van der Waals surface area contributed by atoms with Crippen molar-refractivity contribution in [1.29, 1.82) is 0 Å². The highest BCUT2D eigenvalue weighted by Gasteiger charge is 2.30. The molecule has 14 N–H and O–H groups in total. The number of sulfone groups is 1. The number of aliphatic carboxylic acids is 3. The monoisotopic (exact) mass is 2000 g/mol. The number of fused-ring (bicyclic) bond motifs is 3. The lowest BCUT2D eigenvalue weighted by atomic mass is 10.1. The Hall–Kier alpha value is -12.2. The first-order chi connectivity index (χ1) is 63.8. The molecule has 0 unspecified atom stereocenters. The second kappa shape index (κ2) is 53.7. The standard InChI is InChI=1S/3C24H24ClF2N5O3.C5H8O5.C4H6O6.C3H8O5S2/c3*1-15(26)24(33)31-21-12-17-20(13-22(21)35-8-2-5-32-6-9-34-10-7-32)28-14-29-23(17)30-16-3-4-19(27)18(25)11-16;1-2(6)3(7)4(8)5(9)10;5-1(3(7)8)2(6)4(9)10;1-9(4,5)2-3-10(6,7)8/h3*3-4,11-14H,1-2,5-10H2,(H,31,33)(H,28,29,30);3-4,7-8H,1H3,(H,9,10);1-2,5-6H,(H,7,8)(H,9,10);2-3H2,1H3,(H,6,7,8)/t;;;3-,4+;1-,2-;/m...01./s1. The average Bonchev–Trinajstić information content (AvgIpc) is 0.796. The van der Waals surface area contributed by atoms with Crippen LogP contribution >= 0.6 is 34.8 Å². The Morgan fingerprint density at radius 1 is 0.437 bits per heavy atom. The van der Waals surface area contributed by atoms with Crippen molar-refractivity contribution in [2.24, 2.45) is 0 Å². The molecule has 0 saturated carbocycles. The van der Waals surface area contributed by atoms with Crippen LogP contribution in [0.1, 0.15) is 26.2 Å². The molecule has 3 fully saturated rings. The van der Waals surface area contributed by atoms with Crippen LogP contribution in [0, 0.1) is 17.5 Å². The topological polar surface area (TPSA) is 564 Å². The third-order valence-corrected chi connectivity index (χ3v) is 21.5. The number of nitrogens with zero attached hydrogens (tertiary/aromatic N) is 9. The van der Waals surface area contributed by atoms with Crippen LogP contribution in [-0.2, 0) is 67.7 Å². The van der Waals surface area contributed by atoms with Gasteiger partial charge >= 0.3 is 17.9 Å². The fourth-order valence-electron chi connectivity index (χ4n) is 11.7. The molecule has 0 spiro atoms. The second-order valence-electron chi connectivity index (χ2n) is 28.9. The predicted octanol–water partition coefficient (Wildman–Crippen LogP) is 9.24. The van der Waals surface area contributed by atoms with Crippen LogP contribution in [0.3, 0.4) is 0 Å². The Morgan fingerprint density at radius 3 is 0.919 bits per heavy atom. The first-order valence-corrected chi connectivity index (χ1v) is 45.0. The molecule has 9 aromatic rings. The molecule has 4 atom stereocenters. The van der Waals surface area contributed by atoms with Crippen LogP contribution in [0.5, 0.6) is 17.2 Å². The molecule has 0 bridgehead atoms. The summed E-state index contributed by atoms with van der Waals surface area (Å²) in [7, 11) is -7.43. The largest absolute Gasteiger partial charge is 0.491 e. The van der Waals surface area contributed by atoms with Gasteiger partial charge in [0.25, 0.3) is 27.8 Å². The van der Waals surface area contributed by atoms with Crippen molar-refractivity contribution >= 4 is 180 Å². The fourth-order valence-corrected chi connectivity index (χ4v) is 14.3. The Labute approximate surface area is 781 Å². The molecule has 12 rings (SSSR count). The molecule has 51 heteroatoms. The van der Waals surface area contributed by atoms with Crippen molar-refractivity contribution < 1.29 is 145 Å². The quantitative estimate of drug-likeness (QED) is 0.00752. The maximum Gasteiger partial charge on any atom is 0.335 e. The Kier molecular flexibility index (Phi) is 43.7. The molecule has 3 aromatic heterocycles. The number of carbonyl (C=O) groups is 7. The zero-order chi connectivity index (χ0) is 99.4. The van der Waals surface area contributed by atoms with Crippen molar-refractivity contribution in [2.45, 2.75) is 50.6 Å². The number of amides is 3. The van der Waals surface area contributed by atoms with Crippen molar-refractivity contribution in [1.82, 2.24) is 44.6 Å². The SMILES string of the molecule is C=C(F)C(=O)Nc1cc2c(Nc3ccc(F)c(Cl)c3)ncnc2cc1OCCCN1CCOCC1.C=C(F)C(=O)Nc1cc2c(Nc3ccc(F)c(Cl)c3)ncnc2cc1OCCCN1CCOCC1.C=C(F)C(=O)Nc1cc2c(Nc3ccc(F)c(Cl)c3)ncnc2cc1OCCCN1CCOCC1.CC(=O)[C@H](O)[C@@H](O)C(=O)O.CS(=O)(=O)CCS(=O)(=O)O.O=C(O)[C@H](O)[C@@H](O)C(=O)O. The molecular weight excluding hydrogens is 1900 g/mol. The third kappa shape index (κ3) is 37.2. The number of carboxylic acid groups (broad SMARTS) is 3. The van der Waals surface area contributed by atoms with E-state index in [-0.39, 0.29) is 32.1 Å². The molecule has 0 aliphatic carbocycles. The molecule has 730 valence electrons. The minimum absolute atomic E-state index is 0.0458. The molecule has 0 radical (unpaired) electrons. The van der Waals surface area contributed by atoms with Crippen LogP contribution in [0.2, 0.25) is 15.1 Å². The number of Topliss-reactive ketones (excluding diaryl/α,β-unsaturated/α-hetero) is 1. The zero-order valence-corrected chi connectivity index (χ0v) is 75.7. The molecule has 3 amide bonds. The lowest BCUT2D eigenvalue weighted by Crippen LogP contribution is -2.39. The number of nitrogens with one attached hydrogen (secondary N) is 6. The van der Waals surface area contributed by atoms with Gasteiger partial charge in [-0.15, -0.1) is 0 Å². The van der Waals surface area contributed by atoms with E-state index in [0.29, 0.717) is 104 Å². The Morgan fingerprint density at radius 2 is 0.704 bits per heavy atom. The number of ketones is 1. The molecule has 6 heterocycles. The lowest BCUT2D eigenvalue weighted by molar-refractivity contribution is -0.165. The van der Waals surface area contributed by atoms with Crippen LogP contribution < -0.4 is 46.1 Å². The number of hydrogen-bond acceptors (Lipinski definition) is 33. The number of halogens is 9. The average molecular weight is 2000 g/mol. The summed E-state index contributed by atoms with van der Waals surface area (Å²) in [5.41, 5.74) is 3.79. The summed E-state index contributed by atoms with van der Waals surface area (Å²) in [6.07, 6.45) is -1.13. The van der Waals surface area contributed by atoms with Gasteiger partial charge < -0.3 is 96.1 Å². The Bertz CT molecular complexity index is 5390. The number of aliphatic hydroxyl groups is 4. The maximum absolute atomic E-state index is 13.5. The van der Waals surface area contributed by atoms with Gasteiger partial charge in [0, 0.05) is 117 Å². The third-order valence-electron chi connectivity index (χ3n) is 18.7. The number of carboxylic acids is 3. The summed E-state index contributed by atoms with van der Waals surface area (Å²) in [5, 5.41) is 75.7. The maximum atomic E-state index is 13.5. The number of hydrogen-bond donors (Lipinski definition) is 14. The fraction of sp³-hybridized carbons (Fsp3) is 0.345. The normalized spacial score (nSPS) is 14.3. The van der Waals surface area contributed by atoms with Crippen molar-refractivity contribution in [3.05, 3.63) is 180 Å². The van der Waals surface area contributed by atoms with Crippen molar-refractivity contribution in [2.75, 3.05) is 168 Å². The minimum atomic E-state index is -4.14. The molecular formula is C84H94Cl3F6N15O25S2. The summed E-state index contributed by atoms with van der Waals surface area (Å²) in [4.78, 5) is 108. The van der Waals surface area contributed by atoms with Gasteiger partial charge in [0.2, 0.25) is 0 Å². The van der Waals surface area contributed by atoms with E-state index in [9.17, 15) is 76.7 Å². The molecule has 3 aliphatic rings. The summed E-state index contributed by atoms with van der Waals surface area (Å²) >= 11 is 17.6. The summed E-state index contributed by atoms with van der Waals surface area (Å²) in [5.74, 6) is -13.0. The van der Waals surface area contributed by atoms with E-state index in [4.69, 9.17) is 104 Å². The first kappa shape index (κ1) is 110. The highest BCUT2D eigenvalue weighted by molar-refractivity contribution is 7.92. The van der Waals surface area contributed by atoms with Gasteiger partial charge in [0.05, 0.1) is 120 Å². The van der Waals surface area contributed by atoms with Gasteiger partial charge in [-0.1, -0.05) is 54.5 Å². The number of anilines is 9. The van der Waals surface area contributed by atoms with Gasteiger partial charge in [-0.25, -0.2) is 79.0 Å². The number of ether oxygens (including phenoxy) is 6. The smallest absolute Gasteiger partial charge is 0.335 e. The second-order valence-corrected chi connectivity index (χ2v) is 33.9. The van der Waals surface area contributed by atoms with Crippen molar-refractivity contribution in [3.63, 3.8) is 0 Å². The van der Waals surface area contributed by atoms with Crippen LogP contribution in [-0.4, -0.2) is 304 Å². The van der Waals surface area contributed by atoms with E-state index < -0.39 is 132 Å².